The summed E-state index contributed by atoms with van der Waals surface area (Å²) in [4.78, 5) is 23.1. The van der Waals surface area contributed by atoms with Gasteiger partial charge in [0.15, 0.2) is 11.6 Å². The minimum atomic E-state index is -1.07. The van der Waals surface area contributed by atoms with Crippen LogP contribution in [-0.2, 0) is 4.79 Å². The molecule has 0 unspecified atom stereocenters. The van der Waals surface area contributed by atoms with Crippen LogP contribution in [0.1, 0.15) is 17.3 Å². The van der Waals surface area contributed by atoms with Gasteiger partial charge in [0.25, 0.3) is 5.91 Å². The van der Waals surface area contributed by atoms with E-state index in [1.54, 1.807) is 36.4 Å². The summed E-state index contributed by atoms with van der Waals surface area (Å²) in [5.41, 5.74) is 2.86. The van der Waals surface area contributed by atoms with E-state index >= 15 is 0 Å². The second kappa shape index (κ2) is 8.30. The fourth-order valence-electron chi connectivity index (χ4n) is 2.48. The fraction of sp³-hybridized carbons (Fsp3) is 0.0476. The first-order valence-corrected chi connectivity index (χ1v) is 8.42. The Balaban J connectivity index is 1.62. The Bertz CT molecular complexity index is 1000. The molecule has 0 spiro atoms. The van der Waals surface area contributed by atoms with Crippen LogP contribution < -0.4 is 16.0 Å². The van der Waals surface area contributed by atoms with Gasteiger partial charge in [0, 0.05) is 35.2 Å². The van der Waals surface area contributed by atoms with E-state index in [-0.39, 0.29) is 11.5 Å². The van der Waals surface area contributed by atoms with Gasteiger partial charge in [-0.05, 0) is 66.7 Å². The molecule has 0 bridgehead atoms. The highest BCUT2D eigenvalue weighted by Crippen LogP contribution is 2.21. The second-order valence-electron chi connectivity index (χ2n) is 6.04. The number of carbonyl (C=O) groups is 2. The summed E-state index contributed by atoms with van der Waals surface area (Å²) in [6, 6.07) is 17.1. The molecular weight excluding hydrogens is 364 g/mol. The molecule has 0 atom stereocenters. The van der Waals surface area contributed by atoms with Gasteiger partial charge >= 0.3 is 0 Å². The van der Waals surface area contributed by atoms with Crippen molar-refractivity contribution in [1.29, 1.82) is 0 Å². The minimum absolute atomic E-state index is 0.0281. The molecule has 7 heteroatoms. The molecule has 0 aliphatic heterocycles. The largest absolute Gasteiger partial charge is 0.356 e. The van der Waals surface area contributed by atoms with E-state index in [0.717, 1.165) is 23.5 Å². The highest BCUT2D eigenvalue weighted by atomic mass is 19.2. The van der Waals surface area contributed by atoms with Crippen molar-refractivity contribution in [2.45, 2.75) is 6.92 Å². The van der Waals surface area contributed by atoms with Crippen LogP contribution in [0.2, 0.25) is 0 Å². The predicted octanol–water partition coefficient (Wildman–Crippen LogP) is 4.92. The average Bonchev–Trinajstić information content (AvgIpc) is 2.66. The lowest BCUT2D eigenvalue weighted by Gasteiger charge is -2.10. The monoisotopic (exact) mass is 381 g/mol. The van der Waals surface area contributed by atoms with Crippen LogP contribution in [0.15, 0.2) is 66.7 Å². The quantitative estimate of drug-likeness (QED) is 0.588. The summed E-state index contributed by atoms with van der Waals surface area (Å²) in [7, 11) is 0. The van der Waals surface area contributed by atoms with Crippen LogP contribution in [0, 0.1) is 11.6 Å². The molecular formula is C21H17F2N3O2. The number of carbonyl (C=O) groups excluding carboxylic acids is 2. The lowest BCUT2D eigenvalue weighted by molar-refractivity contribution is -0.114. The molecule has 28 heavy (non-hydrogen) atoms. The third-order valence-corrected chi connectivity index (χ3v) is 3.82. The number of anilines is 4. The maximum atomic E-state index is 13.2. The summed E-state index contributed by atoms with van der Waals surface area (Å²) < 4.78 is 26.2. The Labute approximate surface area is 160 Å². The zero-order chi connectivity index (χ0) is 20.1. The predicted molar refractivity (Wildman–Crippen MR) is 105 cm³/mol. The highest BCUT2D eigenvalue weighted by molar-refractivity contribution is 6.04. The van der Waals surface area contributed by atoms with Gasteiger partial charge in [-0.15, -0.1) is 0 Å². The molecule has 3 rings (SSSR count). The van der Waals surface area contributed by atoms with Crippen molar-refractivity contribution in [3.8, 4) is 0 Å². The fourth-order valence-corrected chi connectivity index (χ4v) is 2.48. The van der Waals surface area contributed by atoms with Gasteiger partial charge in [-0.3, -0.25) is 9.59 Å². The highest BCUT2D eigenvalue weighted by Gasteiger charge is 2.10. The minimum Gasteiger partial charge on any atom is -0.356 e. The average molecular weight is 381 g/mol. The normalized spacial score (nSPS) is 10.2. The lowest BCUT2D eigenvalue weighted by atomic mass is 10.2. The standard InChI is InChI=1S/C21H17F2N3O2/c1-13(27)24-15-3-5-16(6-4-15)25-17-7-9-18(10-8-17)26-21(28)14-2-11-19(22)20(23)12-14/h2-12,25H,1H3,(H,24,27)(H,26,28). The molecule has 5 nitrogen and oxygen atoms in total. The number of nitrogens with one attached hydrogen (secondary N) is 3. The zero-order valence-corrected chi connectivity index (χ0v) is 14.9. The van der Waals surface area contributed by atoms with Gasteiger partial charge in [-0.1, -0.05) is 0 Å². The maximum absolute atomic E-state index is 13.2. The van der Waals surface area contributed by atoms with E-state index in [9.17, 15) is 18.4 Å². The Morgan fingerprint density at radius 2 is 1.18 bits per heavy atom. The lowest BCUT2D eigenvalue weighted by Crippen LogP contribution is -2.12. The Morgan fingerprint density at radius 1 is 0.679 bits per heavy atom. The summed E-state index contributed by atoms with van der Waals surface area (Å²) in [6.07, 6.45) is 0. The van der Waals surface area contributed by atoms with Crippen molar-refractivity contribution in [3.05, 3.63) is 83.9 Å². The molecule has 3 aromatic rings. The Morgan fingerprint density at radius 3 is 1.68 bits per heavy atom. The van der Waals surface area contributed by atoms with Crippen molar-refractivity contribution in [2.24, 2.45) is 0 Å². The van der Waals surface area contributed by atoms with E-state index in [1.807, 2.05) is 12.1 Å². The first-order valence-electron chi connectivity index (χ1n) is 8.42. The van der Waals surface area contributed by atoms with Crippen molar-refractivity contribution >= 4 is 34.6 Å². The molecule has 2 amide bonds. The molecule has 0 saturated carbocycles. The van der Waals surface area contributed by atoms with Crippen LogP contribution >= 0.6 is 0 Å². The third-order valence-electron chi connectivity index (χ3n) is 3.82. The summed E-state index contributed by atoms with van der Waals surface area (Å²) in [6.45, 7) is 1.44. The van der Waals surface area contributed by atoms with E-state index in [4.69, 9.17) is 0 Å². The van der Waals surface area contributed by atoms with E-state index in [0.29, 0.717) is 11.4 Å². The number of benzene rings is 3. The molecule has 0 aliphatic rings. The molecule has 0 aromatic heterocycles. The Hall–Kier alpha value is -3.74. The first-order chi connectivity index (χ1) is 13.4. The Kier molecular flexibility index (Phi) is 5.64. The number of hydrogen-bond donors (Lipinski definition) is 3. The summed E-state index contributed by atoms with van der Waals surface area (Å²) in [5, 5.41) is 8.51. The van der Waals surface area contributed by atoms with Gasteiger partial charge in [-0.25, -0.2) is 8.78 Å². The van der Waals surface area contributed by atoms with Crippen molar-refractivity contribution in [2.75, 3.05) is 16.0 Å². The number of hydrogen-bond acceptors (Lipinski definition) is 3. The second-order valence-corrected chi connectivity index (χ2v) is 6.04. The van der Waals surface area contributed by atoms with E-state index in [1.165, 1.54) is 13.0 Å². The van der Waals surface area contributed by atoms with Gasteiger partial charge in [0.2, 0.25) is 5.91 Å². The molecule has 0 radical (unpaired) electrons. The van der Waals surface area contributed by atoms with E-state index in [2.05, 4.69) is 16.0 Å². The zero-order valence-electron chi connectivity index (χ0n) is 14.9. The number of amides is 2. The smallest absolute Gasteiger partial charge is 0.255 e. The summed E-state index contributed by atoms with van der Waals surface area (Å²) in [5.74, 6) is -2.75. The molecule has 0 fully saturated rings. The van der Waals surface area contributed by atoms with Crippen molar-refractivity contribution in [3.63, 3.8) is 0 Å². The van der Waals surface area contributed by atoms with Crippen LogP contribution in [0.4, 0.5) is 31.5 Å². The van der Waals surface area contributed by atoms with Crippen LogP contribution in [-0.4, -0.2) is 11.8 Å². The third kappa shape index (κ3) is 4.91. The van der Waals surface area contributed by atoms with Gasteiger partial charge in [-0.2, -0.15) is 0 Å². The van der Waals surface area contributed by atoms with E-state index < -0.39 is 17.5 Å². The van der Waals surface area contributed by atoms with Gasteiger partial charge in [0.1, 0.15) is 0 Å². The van der Waals surface area contributed by atoms with Crippen LogP contribution in [0.3, 0.4) is 0 Å². The van der Waals surface area contributed by atoms with Gasteiger partial charge < -0.3 is 16.0 Å². The van der Waals surface area contributed by atoms with Crippen LogP contribution in [0.5, 0.6) is 0 Å². The first kappa shape index (κ1) is 19.0. The molecule has 142 valence electrons. The van der Waals surface area contributed by atoms with Gasteiger partial charge in [0.05, 0.1) is 0 Å². The van der Waals surface area contributed by atoms with Crippen molar-refractivity contribution < 1.29 is 18.4 Å². The molecule has 0 saturated heterocycles. The summed E-state index contributed by atoms with van der Waals surface area (Å²) >= 11 is 0. The maximum Gasteiger partial charge on any atom is 0.255 e. The molecule has 3 aromatic carbocycles. The number of rotatable bonds is 5. The van der Waals surface area contributed by atoms with Crippen molar-refractivity contribution in [1.82, 2.24) is 0 Å². The number of halogens is 2. The molecule has 0 aliphatic carbocycles. The molecule has 3 N–H and O–H groups in total. The SMILES string of the molecule is CC(=O)Nc1ccc(Nc2ccc(NC(=O)c3ccc(F)c(F)c3)cc2)cc1. The van der Waals surface area contributed by atoms with Crippen LogP contribution in [0.25, 0.3) is 0 Å². The topological polar surface area (TPSA) is 70.2 Å². The molecule has 0 heterocycles.